The van der Waals surface area contributed by atoms with Gasteiger partial charge in [-0.15, -0.1) is 0 Å². The van der Waals surface area contributed by atoms with Crippen LogP contribution in [0, 0.1) is 6.92 Å². The molecule has 0 fully saturated rings. The Balaban J connectivity index is 2.94. The number of hydrogen-bond donors (Lipinski definition) is 1. The van der Waals surface area contributed by atoms with Gasteiger partial charge in [0.15, 0.2) is 4.73 Å². The van der Waals surface area contributed by atoms with E-state index in [1.807, 2.05) is 25.1 Å². The molecule has 0 aliphatic rings. The molecule has 0 aliphatic carbocycles. The Bertz CT molecular complexity index is 468. The van der Waals surface area contributed by atoms with Crippen molar-refractivity contribution in [1.29, 1.82) is 0 Å². The monoisotopic (exact) mass is 237 g/mol. The van der Waals surface area contributed by atoms with Crippen LogP contribution in [0.25, 0.3) is 10.9 Å². The second-order valence-electron chi connectivity index (χ2n) is 2.85. The van der Waals surface area contributed by atoms with Crippen LogP contribution in [0.2, 0.25) is 0 Å². The number of fused-ring (bicyclic) bond motifs is 1. The zero-order valence-corrected chi connectivity index (χ0v) is 8.67. The number of nitrogens with zero attached hydrogens (tertiary/aromatic N) is 2. The lowest BCUT2D eigenvalue weighted by Crippen LogP contribution is -1.96. The Morgan fingerprint density at radius 2 is 2.08 bits per heavy atom. The van der Waals surface area contributed by atoms with Gasteiger partial charge in [0, 0.05) is 5.39 Å². The van der Waals surface area contributed by atoms with Crippen molar-refractivity contribution in [2.75, 3.05) is 5.73 Å². The van der Waals surface area contributed by atoms with Gasteiger partial charge in [0.2, 0.25) is 0 Å². The highest BCUT2D eigenvalue weighted by atomic mass is 79.9. The molecule has 0 saturated carbocycles. The van der Waals surface area contributed by atoms with Crippen LogP contribution in [0.4, 0.5) is 5.82 Å². The normalized spacial score (nSPS) is 10.6. The summed E-state index contributed by atoms with van der Waals surface area (Å²) in [5.74, 6) is 0.514. The van der Waals surface area contributed by atoms with E-state index < -0.39 is 0 Å². The van der Waals surface area contributed by atoms with E-state index in [-0.39, 0.29) is 0 Å². The number of para-hydroxylation sites is 1. The SMILES string of the molecule is Cc1cccc2c(N)nc(Br)nc12. The van der Waals surface area contributed by atoms with Crippen molar-refractivity contribution >= 4 is 32.7 Å². The summed E-state index contributed by atoms with van der Waals surface area (Å²) in [4.78, 5) is 8.29. The van der Waals surface area contributed by atoms with Gasteiger partial charge in [0.05, 0.1) is 5.52 Å². The van der Waals surface area contributed by atoms with Crippen LogP contribution in [0.15, 0.2) is 22.9 Å². The Morgan fingerprint density at radius 3 is 2.85 bits per heavy atom. The summed E-state index contributed by atoms with van der Waals surface area (Å²) in [6, 6.07) is 5.87. The maximum atomic E-state index is 5.74. The molecule has 2 aromatic rings. The fourth-order valence-electron chi connectivity index (χ4n) is 1.29. The molecule has 0 amide bonds. The maximum Gasteiger partial charge on any atom is 0.199 e. The van der Waals surface area contributed by atoms with Crippen LogP contribution in [-0.2, 0) is 0 Å². The van der Waals surface area contributed by atoms with Crippen molar-refractivity contribution in [1.82, 2.24) is 9.97 Å². The van der Waals surface area contributed by atoms with E-state index >= 15 is 0 Å². The first kappa shape index (κ1) is 8.44. The third-order valence-corrected chi connectivity index (χ3v) is 2.29. The Hall–Kier alpha value is -1.16. The zero-order chi connectivity index (χ0) is 9.42. The lowest BCUT2D eigenvalue weighted by Gasteiger charge is -2.03. The van der Waals surface area contributed by atoms with Gasteiger partial charge in [0.1, 0.15) is 5.82 Å². The number of aryl methyl sites for hydroxylation is 1. The third kappa shape index (κ3) is 1.37. The summed E-state index contributed by atoms with van der Waals surface area (Å²) >= 11 is 3.22. The Morgan fingerprint density at radius 1 is 1.31 bits per heavy atom. The summed E-state index contributed by atoms with van der Waals surface area (Å²) in [6.45, 7) is 2.00. The van der Waals surface area contributed by atoms with Gasteiger partial charge >= 0.3 is 0 Å². The van der Waals surface area contributed by atoms with Crippen molar-refractivity contribution in [3.63, 3.8) is 0 Å². The Labute approximate surface area is 84.1 Å². The Kier molecular flexibility index (Phi) is 1.92. The predicted octanol–water partition coefficient (Wildman–Crippen LogP) is 2.28. The number of nitrogens with two attached hydrogens (primary N) is 1. The number of benzene rings is 1. The molecule has 0 saturated heterocycles. The van der Waals surface area contributed by atoms with Crippen molar-refractivity contribution in [3.05, 3.63) is 28.5 Å². The summed E-state index contributed by atoms with van der Waals surface area (Å²) in [7, 11) is 0. The molecular formula is C9H8BrN3. The van der Waals surface area contributed by atoms with E-state index in [1.54, 1.807) is 0 Å². The first-order chi connectivity index (χ1) is 6.18. The molecule has 2 rings (SSSR count). The van der Waals surface area contributed by atoms with Crippen LogP contribution < -0.4 is 5.73 Å². The molecule has 0 aliphatic heterocycles. The number of nitrogen functional groups attached to an aromatic ring is 1. The molecule has 3 nitrogen and oxygen atoms in total. The maximum absolute atomic E-state index is 5.74. The summed E-state index contributed by atoms with van der Waals surface area (Å²) in [5.41, 5.74) is 7.75. The molecule has 13 heavy (non-hydrogen) atoms. The van der Waals surface area contributed by atoms with Crippen molar-refractivity contribution in [3.8, 4) is 0 Å². The average molecular weight is 238 g/mol. The van der Waals surface area contributed by atoms with Crippen LogP contribution in [0.3, 0.4) is 0 Å². The molecule has 1 aromatic carbocycles. The molecule has 1 heterocycles. The fraction of sp³-hybridized carbons (Fsp3) is 0.111. The van der Waals surface area contributed by atoms with E-state index in [1.165, 1.54) is 0 Å². The quantitative estimate of drug-likeness (QED) is 0.716. The summed E-state index contributed by atoms with van der Waals surface area (Å²) in [5, 5.41) is 0.906. The van der Waals surface area contributed by atoms with E-state index in [0.29, 0.717) is 10.6 Å². The largest absolute Gasteiger partial charge is 0.383 e. The summed E-state index contributed by atoms with van der Waals surface area (Å²) < 4.78 is 0.534. The first-order valence-corrected chi connectivity index (χ1v) is 4.66. The molecule has 66 valence electrons. The number of halogens is 1. The molecule has 4 heteroatoms. The molecule has 0 unspecified atom stereocenters. The van der Waals surface area contributed by atoms with Gasteiger partial charge in [-0.25, -0.2) is 9.97 Å². The highest BCUT2D eigenvalue weighted by Crippen LogP contribution is 2.21. The van der Waals surface area contributed by atoms with Crippen molar-refractivity contribution in [2.24, 2.45) is 0 Å². The van der Waals surface area contributed by atoms with Crippen molar-refractivity contribution in [2.45, 2.75) is 6.92 Å². The van der Waals surface area contributed by atoms with Gasteiger partial charge in [0.25, 0.3) is 0 Å². The van der Waals surface area contributed by atoms with E-state index in [9.17, 15) is 0 Å². The second-order valence-corrected chi connectivity index (χ2v) is 3.56. The van der Waals surface area contributed by atoms with E-state index in [0.717, 1.165) is 16.5 Å². The highest BCUT2D eigenvalue weighted by Gasteiger charge is 2.04. The third-order valence-electron chi connectivity index (χ3n) is 1.93. The molecular weight excluding hydrogens is 230 g/mol. The molecule has 0 radical (unpaired) electrons. The fourth-order valence-corrected chi connectivity index (χ4v) is 1.66. The standard InChI is InChI=1S/C9H8BrN3/c1-5-3-2-4-6-7(5)12-9(10)13-8(6)11/h2-4H,1H3,(H2,11,12,13). The van der Waals surface area contributed by atoms with Gasteiger partial charge < -0.3 is 5.73 Å². The minimum atomic E-state index is 0.514. The zero-order valence-electron chi connectivity index (χ0n) is 7.08. The van der Waals surface area contributed by atoms with Crippen LogP contribution in [-0.4, -0.2) is 9.97 Å². The number of aromatic nitrogens is 2. The lowest BCUT2D eigenvalue weighted by atomic mass is 10.1. The average Bonchev–Trinajstić information content (AvgIpc) is 2.07. The van der Waals surface area contributed by atoms with Crippen LogP contribution in [0.5, 0.6) is 0 Å². The minimum Gasteiger partial charge on any atom is -0.383 e. The number of rotatable bonds is 0. The topological polar surface area (TPSA) is 51.8 Å². The molecule has 0 bridgehead atoms. The smallest absolute Gasteiger partial charge is 0.199 e. The first-order valence-electron chi connectivity index (χ1n) is 3.87. The van der Waals surface area contributed by atoms with Crippen LogP contribution in [0.1, 0.15) is 5.56 Å². The molecule has 0 spiro atoms. The van der Waals surface area contributed by atoms with Gasteiger partial charge in [-0.05, 0) is 34.5 Å². The van der Waals surface area contributed by atoms with Crippen molar-refractivity contribution < 1.29 is 0 Å². The summed E-state index contributed by atoms with van der Waals surface area (Å²) in [6.07, 6.45) is 0. The molecule has 0 atom stereocenters. The highest BCUT2D eigenvalue weighted by molar-refractivity contribution is 9.10. The van der Waals surface area contributed by atoms with Gasteiger partial charge in [-0.3, -0.25) is 0 Å². The van der Waals surface area contributed by atoms with Gasteiger partial charge in [-0.2, -0.15) is 0 Å². The van der Waals surface area contributed by atoms with E-state index in [2.05, 4.69) is 25.9 Å². The van der Waals surface area contributed by atoms with E-state index in [4.69, 9.17) is 5.73 Å². The van der Waals surface area contributed by atoms with Gasteiger partial charge in [-0.1, -0.05) is 12.1 Å². The minimum absolute atomic E-state index is 0.514. The molecule has 1 aromatic heterocycles. The second kappa shape index (κ2) is 2.96. The van der Waals surface area contributed by atoms with Crippen LogP contribution >= 0.6 is 15.9 Å². The number of hydrogen-bond acceptors (Lipinski definition) is 3. The molecule has 2 N–H and O–H groups in total. The number of anilines is 1. The predicted molar refractivity (Wildman–Crippen MR) is 56.4 cm³/mol. The lowest BCUT2D eigenvalue weighted by molar-refractivity contribution is 1.16.